The van der Waals surface area contributed by atoms with Crippen LogP contribution in [-0.4, -0.2) is 61.1 Å². The number of methoxy groups -OCH3 is 1. The van der Waals surface area contributed by atoms with E-state index in [1.54, 1.807) is 18.2 Å². The van der Waals surface area contributed by atoms with Gasteiger partial charge in [0.15, 0.2) is 11.6 Å². The molecule has 0 unspecified atom stereocenters. The number of ether oxygens (including phenoxy) is 1. The predicted molar refractivity (Wildman–Crippen MR) is 133 cm³/mol. The second-order valence-corrected chi connectivity index (χ2v) is 9.03. The molecule has 1 aliphatic rings. The average Bonchev–Trinajstić information content (AvgIpc) is 3.21. The molecule has 0 radical (unpaired) electrons. The lowest BCUT2D eigenvalue weighted by Crippen LogP contribution is -2.41. The van der Waals surface area contributed by atoms with Gasteiger partial charge in [0.2, 0.25) is 0 Å². The monoisotopic (exact) mass is 461 g/mol. The number of piperidine rings is 1. The zero-order chi connectivity index (χ0) is 24.0. The number of nitrogens with one attached hydrogen (secondary N) is 1. The van der Waals surface area contributed by atoms with Gasteiger partial charge in [0.25, 0.3) is 5.91 Å². The van der Waals surface area contributed by atoms with E-state index in [1.807, 2.05) is 6.07 Å². The third kappa shape index (κ3) is 3.84. The Bertz CT molecular complexity index is 1390. The Kier molecular flexibility index (Phi) is 5.61. The normalized spacial score (nSPS) is 14.9. The summed E-state index contributed by atoms with van der Waals surface area (Å²) in [5, 5.41) is 0.889. The third-order valence-electron chi connectivity index (χ3n) is 6.81. The van der Waals surface area contributed by atoms with Gasteiger partial charge in [-0.3, -0.25) is 4.79 Å². The highest BCUT2D eigenvalue weighted by Gasteiger charge is 2.22. The van der Waals surface area contributed by atoms with Crippen molar-refractivity contribution in [3.8, 4) is 17.0 Å². The molecule has 8 heteroatoms. The van der Waals surface area contributed by atoms with Crippen LogP contribution in [0.15, 0.2) is 42.5 Å². The van der Waals surface area contributed by atoms with E-state index in [4.69, 9.17) is 15.5 Å². The quantitative estimate of drug-likeness (QED) is 0.466. The molecule has 0 bridgehead atoms. The van der Waals surface area contributed by atoms with Crippen LogP contribution in [0.1, 0.15) is 23.2 Å². The van der Waals surface area contributed by atoms with E-state index in [0.29, 0.717) is 33.9 Å². The minimum Gasteiger partial charge on any atom is -0.494 e. The van der Waals surface area contributed by atoms with E-state index in [-0.39, 0.29) is 5.75 Å². The predicted octanol–water partition coefficient (Wildman–Crippen LogP) is 4.16. The Morgan fingerprint density at radius 2 is 1.94 bits per heavy atom. The molecule has 0 saturated carbocycles. The number of rotatable bonds is 5. The first-order valence-electron chi connectivity index (χ1n) is 11.4. The lowest BCUT2D eigenvalue weighted by atomic mass is 10.0. The lowest BCUT2D eigenvalue weighted by molar-refractivity contribution is 0.100. The van der Waals surface area contributed by atoms with Crippen LogP contribution in [0.5, 0.6) is 5.75 Å². The van der Waals surface area contributed by atoms with E-state index in [1.165, 1.54) is 13.2 Å². The molecule has 1 aliphatic heterocycles. The topological polar surface area (TPSA) is 87.5 Å². The van der Waals surface area contributed by atoms with Crippen LogP contribution in [0.2, 0.25) is 0 Å². The number of carbonyl (C=O) groups is 1. The second-order valence-electron chi connectivity index (χ2n) is 9.03. The number of aromatic amines is 1. The molecular weight excluding hydrogens is 433 g/mol. The van der Waals surface area contributed by atoms with Crippen LogP contribution in [0.4, 0.5) is 10.1 Å². The van der Waals surface area contributed by atoms with Gasteiger partial charge in [-0.1, -0.05) is 0 Å². The highest BCUT2D eigenvalue weighted by molar-refractivity contribution is 6.14. The molecule has 4 aromatic rings. The van der Waals surface area contributed by atoms with Gasteiger partial charge in [-0.15, -0.1) is 0 Å². The number of fused-ring (bicyclic) bond motifs is 3. The SMILES string of the molecule is COc1ccc(-c2cc(C(N)=O)c3[nH]c4cc(N5CCC(N(C)C)CC5)ccc4c3n2)cc1F. The number of anilines is 1. The standard InChI is InChI=1S/C26H28FN5O2/c1-31(2)16-8-10-32(11-9-16)17-5-6-18-22(13-17)30-25-19(26(28)33)14-21(29-24(18)25)15-4-7-23(34-3)20(27)12-15/h4-7,12-14,16,30H,8-11H2,1-3H3,(H2,28,33). The number of nitrogens with two attached hydrogens (primary N) is 1. The summed E-state index contributed by atoms with van der Waals surface area (Å²) in [6.45, 7) is 1.99. The Morgan fingerprint density at radius 1 is 1.18 bits per heavy atom. The highest BCUT2D eigenvalue weighted by Crippen LogP contribution is 2.33. The average molecular weight is 462 g/mol. The van der Waals surface area contributed by atoms with Crippen molar-refractivity contribution in [1.82, 2.24) is 14.9 Å². The molecule has 3 N–H and O–H groups in total. The molecule has 0 atom stereocenters. The molecule has 0 spiro atoms. The second kappa shape index (κ2) is 8.61. The Labute approximate surface area is 197 Å². The number of aromatic nitrogens is 2. The van der Waals surface area contributed by atoms with Crippen molar-refractivity contribution in [1.29, 1.82) is 0 Å². The Balaban J connectivity index is 1.58. The number of hydrogen-bond acceptors (Lipinski definition) is 5. The zero-order valence-corrected chi connectivity index (χ0v) is 19.6. The number of hydrogen-bond donors (Lipinski definition) is 2. The van der Waals surface area contributed by atoms with E-state index < -0.39 is 11.7 Å². The molecular formula is C26H28FN5O2. The molecule has 5 rings (SSSR count). The molecule has 1 fully saturated rings. The number of pyridine rings is 1. The van der Waals surface area contributed by atoms with Crippen molar-refractivity contribution in [2.75, 3.05) is 39.2 Å². The summed E-state index contributed by atoms with van der Waals surface area (Å²) in [6.07, 6.45) is 2.24. The van der Waals surface area contributed by atoms with Gasteiger partial charge < -0.3 is 25.3 Å². The van der Waals surface area contributed by atoms with Crippen LogP contribution >= 0.6 is 0 Å². The number of halogens is 1. The molecule has 7 nitrogen and oxygen atoms in total. The summed E-state index contributed by atoms with van der Waals surface area (Å²) in [7, 11) is 5.68. The van der Waals surface area contributed by atoms with Crippen molar-refractivity contribution in [3.63, 3.8) is 0 Å². The van der Waals surface area contributed by atoms with E-state index in [0.717, 1.165) is 42.5 Å². The van der Waals surface area contributed by atoms with Gasteiger partial charge in [0.1, 0.15) is 0 Å². The summed E-state index contributed by atoms with van der Waals surface area (Å²) in [5.74, 6) is -0.918. The summed E-state index contributed by atoms with van der Waals surface area (Å²) in [6, 6.07) is 13.0. The molecule has 3 heterocycles. The Hall–Kier alpha value is -3.65. The summed E-state index contributed by atoms with van der Waals surface area (Å²) in [5.41, 5.74) is 10.3. The fourth-order valence-electron chi connectivity index (χ4n) is 4.85. The van der Waals surface area contributed by atoms with Gasteiger partial charge in [0.05, 0.1) is 34.9 Å². The number of nitrogens with zero attached hydrogens (tertiary/aromatic N) is 3. The van der Waals surface area contributed by atoms with Crippen LogP contribution in [0.3, 0.4) is 0 Å². The first-order chi connectivity index (χ1) is 16.4. The van der Waals surface area contributed by atoms with Crippen LogP contribution in [0.25, 0.3) is 33.2 Å². The molecule has 176 valence electrons. The fraction of sp³-hybridized carbons (Fsp3) is 0.308. The number of H-pyrrole nitrogens is 1. The van der Waals surface area contributed by atoms with Crippen molar-refractivity contribution < 1.29 is 13.9 Å². The maximum absolute atomic E-state index is 14.3. The molecule has 2 aromatic carbocycles. The van der Waals surface area contributed by atoms with Gasteiger partial charge >= 0.3 is 0 Å². The van der Waals surface area contributed by atoms with Gasteiger partial charge in [0, 0.05) is 35.8 Å². The lowest BCUT2D eigenvalue weighted by Gasteiger charge is -2.36. The summed E-state index contributed by atoms with van der Waals surface area (Å²) >= 11 is 0. The number of carbonyl (C=O) groups excluding carboxylic acids is 1. The van der Waals surface area contributed by atoms with Crippen molar-refractivity contribution in [3.05, 3.63) is 53.8 Å². The highest BCUT2D eigenvalue weighted by atomic mass is 19.1. The van der Waals surface area contributed by atoms with Gasteiger partial charge in [-0.2, -0.15) is 0 Å². The number of primary amides is 1. The molecule has 1 amide bonds. The fourth-order valence-corrected chi connectivity index (χ4v) is 4.85. The molecule has 0 aliphatic carbocycles. The minimum atomic E-state index is -0.569. The maximum Gasteiger partial charge on any atom is 0.250 e. The number of amides is 1. The Morgan fingerprint density at radius 3 is 2.59 bits per heavy atom. The first-order valence-corrected chi connectivity index (χ1v) is 11.4. The minimum absolute atomic E-state index is 0.147. The van der Waals surface area contributed by atoms with E-state index >= 15 is 0 Å². The van der Waals surface area contributed by atoms with E-state index in [2.05, 4.69) is 41.0 Å². The van der Waals surface area contributed by atoms with Gasteiger partial charge in [-0.05, 0) is 69.4 Å². The molecule has 34 heavy (non-hydrogen) atoms. The van der Waals surface area contributed by atoms with Crippen molar-refractivity contribution in [2.45, 2.75) is 18.9 Å². The van der Waals surface area contributed by atoms with Crippen LogP contribution in [0, 0.1) is 5.82 Å². The maximum atomic E-state index is 14.3. The van der Waals surface area contributed by atoms with Crippen LogP contribution < -0.4 is 15.4 Å². The van der Waals surface area contributed by atoms with Crippen LogP contribution in [-0.2, 0) is 0 Å². The largest absolute Gasteiger partial charge is 0.494 e. The molecule has 1 saturated heterocycles. The molecule has 2 aromatic heterocycles. The smallest absolute Gasteiger partial charge is 0.250 e. The summed E-state index contributed by atoms with van der Waals surface area (Å²) < 4.78 is 19.3. The van der Waals surface area contributed by atoms with E-state index in [9.17, 15) is 9.18 Å². The first kappa shape index (κ1) is 22.2. The summed E-state index contributed by atoms with van der Waals surface area (Å²) in [4.78, 5) is 25.1. The number of benzene rings is 2. The zero-order valence-electron chi connectivity index (χ0n) is 19.6. The van der Waals surface area contributed by atoms with Crippen molar-refractivity contribution >= 4 is 33.5 Å². The van der Waals surface area contributed by atoms with Crippen molar-refractivity contribution in [2.24, 2.45) is 5.73 Å². The van der Waals surface area contributed by atoms with Gasteiger partial charge in [-0.25, -0.2) is 9.37 Å². The third-order valence-corrected chi connectivity index (χ3v) is 6.81.